The van der Waals surface area contributed by atoms with E-state index in [2.05, 4.69) is 74.2 Å². The normalized spacial score (nSPS) is 12.2. The van der Waals surface area contributed by atoms with E-state index in [-0.39, 0.29) is 6.04 Å². The summed E-state index contributed by atoms with van der Waals surface area (Å²) in [5, 5.41) is 3.39. The second-order valence-electron chi connectivity index (χ2n) is 4.39. The Hall–Kier alpha value is -0.590. The third-order valence-corrected chi connectivity index (χ3v) is 4.54. The lowest BCUT2D eigenvalue weighted by Crippen LogP contribution is -2.18. The Bertz CT molecular complexity index is 588. The SMILES string of the molecule is CCOc1cccc(C(NC)c2cc(Br)ccc2I)c1. The van der Waals surface area contributed by atoms with Crippen molar-refractivity contribution in [3.63, 3.8) is 0 Å². The zero-order valence-electron chi connectivity index (χ0n) is 11.5. The zero-order chi connectivity index (χ0) is 14.5. The molecule has 4 heteroatoms. The largest absolute Gasteiger partial charge is 0.494 e. The summed E-state index contributed by atoms with van der Waals surface area (Å²) in [7, 11) is 1.98. The maximum atomic E-state index is 5.59. The number of nitrogens with one attached hydrogen (secondary N) is 1. The van der Waals surface area contributed by atoms with Crippen molar-refractivity contribution >= 4 is 38.5 Å². The molecule has 0 radical (unpaired) electrons. The molecule has 20 heavy (non-hydrogen) atoms. The van der Waals surface area contributed by atoms with Crippen molar-refractivity contribution in [2.75, 3.05) is 13.7 Å². The van der Waals surface area contributed by atoms with Crippen LogP contribution >= 0.6 is 38.5 Å². The van der Waals surface area contributed by atoms with Crippen LogP contribution in [0.25, 0.3) is 0 Å². The van der Waals surface area contributed by atoms with Crippen molar-refractivity contribution < 1.29 is 4.74 Å². The zero-order valence-corrected chi connectivity index (χ0v) is 15.2. The summed E-state index contributed by atoms with van der Waals surface area (Å²) < 4.78 is 7.93. The van der Waals surface area contributed by atoms with Crippen LogP contribution in [0.15, 0.2) is 46.9 Å². The molecule has 0 amide bonds. The van der Waals surface area contributed by atoms with Gasteiger partial charge in [0.15, 0.2) is 0 Å². The van der Waals surface area contributed by atoms with Gasteiger partial charge in [0.25, 0.3) is 0 Å². The minimum atomic E-state index is 0.153. The topological polar surface area (TPSA) is 21.3 Å². The molecule has 0 bridgehead atoms. The molecule has 1 N–H and O–H groups in total. The molecule has 0 saturated heterocycles. The highest BCUT2D eigenvalue weighted by atomic mass is 127. The van der Waals surface area contributed by atoms with Gasteiger partial charge in [0.1, 0.15) is 5.75 Å². The molecule has 2 aromatic rings. The van der Waals surface area contributed by atoms with Gasteiger partial charge in [-0.25, -0.2) is 0 Å². The van der Waals surface area contributed by atoms with Crippen LogP contribution in [0.2, 0.25) is 0 Å². The monoisotopic (exact) mass is 445 g/mol. The molecule has 1 atom stereocenters. The molecular weight excluding hydrogens is 429 g/mol. The molecule has 2 aromatic carbocycles. The number of halogens is 2. The fraction of sp³-hybridized carbons (Fsp3) is 0.250. The molecule has 0 heterocycles. The Labute approximate surface area is 142 Å². The van der Waals surface area contributed by atoms with Gasteiger partial charge in [0.05, 0.1) is 12.6 Å². The molecule has 0 aliphatic carbocycles. The van der Waals surface area contributed by atoms with Crippen LogP contribution in [0, 0.1) is 3.57 Å². The van der Waals surface area contributed by atoms with Crippen LogP contribution < -0.4 is 10.1 Å². The Kier molecular flexibility index (Phi) is 5.86. The molecule has 0 aromatic heterocycles. The second kappa shape index (κ2) is 7.43. The van der Waals surface area contributed by atoms with Crippen LogP contribution in [-0.4, -0.2) is 13.7 Å². The standard InChI is InChI=1S/C16H17BrINO/c1-3-20-13-6-4-5-11(9-13)16(19-2)14-10-12(17)7-8-15(14)18/h4-10,16,19H,3H2,1-2H3. The van der Waals surface area contributed by atoms with Gasteiger partial charge < -0.3 is 10.1 Å². The van der Waals surface area contributed by atoms with Gasteiger partial charge in [-0.1, -0.05) is 28.1 Å². The average Bonchev–Trinajstić information content (AvgIpc) is 2.44. The van der Waals surface area contributed by atoms with E-state index in [0.29, 0.717) is 6.61 Å². The molecule has 0 aliphatic heterocycles. The Morgan fingerprint density at radius 2 is 2.05 bits per heavy atom. The quantitative estimate of drug-likeness (QED) is 0.670. The van der Waals surface area contributed by atoms with Gasteiger partial charge in [-0.05, 0) is 78.0 Å². The number of ether oxygens (including phenoxy) is 1. The van der Waals surface area contributed by atoms with Crippen molar-refractivity contribution in [2.45, 2.75) is 13.0 Å². The van der Waals surface area contributed by atoms with Gasteiger partial charge in [0, 0.05) is 8.04 Å². The molecule has 0 saturated carbocycles. The highest BCUT2D eigenvalue weighted by Gasteiger charge is 2.15. The summed E-state index contributed by atoms with van der Waals surface area (Å²) in [6.07, 6.45) is 0. The lowest BCUT2D eigenvalue weighted by atomic mass is 9.99. The van der Waals surface area contributed by atoms with Crippen molar-refractivity contribution in [3.8, 4) is 5.75 Å². The Balaban J connectivity index is 2.41. The van der Waals surface area contributed by atoms with E-state index < -0.39 is 0 Å². The van der Waals surface area contributed by atoms with E-state index in [0.717, 1.165) is 10.2 Å². The number of rotatable bonds is 5. The third-order valence-electron chi connectivity index (χ3n) is 3.06. The molecular formula is C16H17BrINO. The molecule has 0 aliphatic rings. The summed E-state index contributed by atoms with van der Waals surface area (Å²) in [6.45, 7) is 2.68. The van der Waals surface area contributed by atoms with E-state index in [1.165, 1.54) is 14.7 Å². The number of hydrogen-bond donors (Lipinski definition) is 1. The van der Waals surface area contributed by atoms with E-state index in [1.807, 2.05) is 26.1 Å². The minimum absolute atomic E-state index is 0.153. The van der Waals surface area contributed by atoms with E-state index in [9.17, 15) is 0 Å². The Morgan fingerprint density at radius 3 is 2.75 bits per heavy atom. The fourth-order valence-electron chi connectivity index (χ4n) is 2.19. The smallest absolute Gasteiger partial charge is 0.119 e. The first kappa shape index (κ1) is 15.8. The van der Waals surface area contributed by atoms with Gasteiger partial charge in [-0.2, -0.15) is 0 Å². The second-order valence-corrected chi connectivity index (χ2v) is 6.47. The van der Waals surface area contributed by atoms with Crippen molar-refractivity contribution in [1.29, 1.82) is 0 Å². The maximum Gasteiger partial charge on any atom is 0.119 e. The third kappa shape index (κ3) is 3.74. The summed E-state index contributed by atoms with van der Waals surface area (Å²) in [6, 6.07) is 14.8. The van der Waals surface area contributed by atoms with Crippen LogP contribution in [0.1, 0.15) is 24.1 Å². The van der Waals surface area contributed by atoms with Crippen LogP contribution in [0.5, 0.6) is 5.75 Å². The van der Waals surface area contributed by atoms with E-state index in [4.69, 9.17) is 4.74 Å². The van der Waals surface area contributed by atoms with Crippen LogP contribution in [-0.2, 0) is 0 Å². The van der Waals surface area contributed by atoms with Crippen molar-refractivity contribution in [3.05, 3.63) is 61.6 Å². The number of benzene rings is 2. The first-order valence-corrected chi connectivity index (χ1v) is 8.38. The van der Waals surface area contributed by atoms with Gasteiger partial charge in [-0.15, -0.1) is 0 Å². The molecule has 1 unspecified atom stereocenters. The maximum absolute atomic E-state index is 5.59. The van der Waals surface area contributed by atoms with Gasteiger partial charge >= 0.3 is 0 Å². The summed E-state index contributed by atoms with van der Waals surface area (Å²) in [5.41, 5.74) is 2.46. The Morgan fingerprint density at radius 1 is 1.25 bits per heavy atom. The van der Waals surface area contributed by atoms with Gasteiger partial charge in [-0.3, -0.25) is 0 Å². The minimum Gasteiger partial charge on any atom is -0.494 e. The van der Waals surface area contributed by atoms with Gasteiger partial charge in [0.2, 0.25) is 0 Å². The van der Waals surface area contributed by atoms with Crippen LogP contribution in [0.4, 0.5) is 0 Å². The highest BCUT2D eigenvalue weighted by Crippen LogP contribution is 2.30. The van der Waals surface area contributed by atoms with Crippen molar-refractivity contribution in [2.24, 2.45) is 0 Å². The van der Waals surface area contributed by atoms with E-state index >= 15 is 0 Å². The first-order valence-electron chi connectivity index (χ1n) is 6.50. The number of hydrogen-bond acceptors (Lipinski definition) is 2. The summed E-state index contributed by atoms with van der Waals surface area (Å²) in [4.78, 5) is 0. The molecule has 2 nitrogen and oxygen atoms in total. The highest BCUT2D eigenvalue weighted by molar-refractivity contribution is 14.1. The predicted octanol–water partition coefficient (Wildman–Crippen LogP) is 4.76. The summed E-state index contributed by atoms with van der Waals surface area (Å²) in [5.74, 6) is 0.912. The molecule has 106 valence electrons. The lowest BCUT2D eigenvalue weighted by molar-refractivity contribution is 0.339. The van der Waals surface area contributed by atoms with Crippen LogP contribution in [0.3, 0.4) is 0 Å². The fourth-order valence-corrected chi connectivity index (χ4v) is 3.21. The predicted molar refractivity (Wildman–Crippen MR) is 95.4 cm³/mol. The molecule has 0 spiro atoms. The first-order chi connectivity index (χ1) is 9.65. The molecule has 0 fully saturated rings. The van der Waals surface area contributed by atoms with E-state index in [1.54, 1.807) is 0 Å². The van der Waals surface area contributed by atoms with Crippen molar-refractivity contribution in [1.82, 2.24) is 5.32 Å². The molecule has 2 rings (SSSR count). The summed E-state index contributed by atoms with van der Waals surface area (Å²) >= 11 is 5.93. The average molecular weight is 446 g/mol. The lowest BCUT2D eigenvalue weighted by Gasteiger charge is -2.20.